The van der Waals surface area contributed by atoms with Crippen molar-refractivity contribution in [3.8, 4) is 5.75 Å². The van der Waals surface area contributed by atoms with E-state index in [9.17, 15) is 8.42 Å². The summed E-state index contributed by atoms with van der Waals surface area (Å²) in [7, 11) is -3.46. The lowest BCUT2D eigenvalue weighted by Crippen LogP contribution is -2.56. The summed E-state index contributed by atoms with van der Waals surface area (Å²) in [6.07, 6.45) is 1.41. The van der Waals surface area contributed by atoms with Gasteiger partial charge in [0.2, 0.25) is 0 Å². The highest BCUT2D eigenvalue weighted by atomic mass is 32.2. The fourth-order valence-corrected chi connectivity index (χ4v) is 6.83. The summed E-state index contributed by atoms with van der Waals surface area (Å²) >= 11 is 0. The molecule has 3 aliphatic rings. The molecular weight excluding hydrogens is 364 g/mol. The summed E-state index contributed by atoms with van der Waals surface area (Å²) in [5.74, 6) is 0.994. The number of fused-ring (bicyclic) bond motifs is 4. The number of benzene rings is 1. The Labute approximate surface area is 162 Å². The van der Waals surface area contributed by atoms with E-state index in [1.54, 1.807) is 8.61 Å². The predicted octanol–water partition coefficient (Wildman–Crippen LogP) is 2.96. The van der Waals surface area contributed by atoms with Gasteiger partial charge in [0.25, 0.3) is 10.2 Å². The van der Waals surface area contributed by atoms with Gasteiger partial charge in [-0.3, -0.25) is 0 Å². The van der Waals surface area contributed by atoms with Gasteiger partial charge in [-0.2, -0.15) is 17.0 Å². The fraction of sp³-hybridized carbons (Fsp3) is 0.700. The molecule has 3 heterocycles. The van der Waals surface area contributed by atoms with E-state index in [0.717, 1.165) is 24.2 Å². The first kappa shape index (κ1) is 19.2. The third-order valence-electron chi connectivity index (χ3n) is 6.43. The molecule has 3 aliphatic heterocycles. The van der Waals surface area contributed by atoms with Crippen LogP contribution in [0.5, 0.6) is 5.75 Å². The van der Waals surface area contributed by atoms with Crippen molar-refractivity contribution < 1.29 is 17.9 Å². The lowest BCUT2D eigenvalue weighted by atomic mass is 9.74. The van der Waals surface area contributed by atoms with Gasteiger partial charge in [0.15, 0.2) is 0 Å². The van der Waals surface area contributed by atoms with Crippen molar-refractivity contribution in [2.75, 3.05) is 19.6 Å². The lowest BCUT2D eigenvalue weighted by Gasteiger charge is -2.50. The van der Waals surface area contributed by atoms with Crippen molar-refractivity contribution in [3.63, 3.8) is 0 Å². The van der Waals surface area contributed by atoms with Gasteiger partial charge in [0.1, 0.15) is 11.4 Å². The van der Waals surface area contributed by atoms with E-state index in [-0.39, 0.29) is 24.2 Å². The van der Waals surface area contributed by atoms with Gasteiger partial charge in [-0.05, 0) is 32.8 Å². The van der Waals surface area contributed by atoms with E-state index in [4.69, 9.17) is 9.47 Å². The quantitative estimate of drug-likeness (QED) is 0.788. The number of hydrogen-bond donors (Lipinski definition) is 0. The first-order valence-electron chi connectivity index (χ1n) is 10.00. The number of hydrogen-bond acceptors (Lipinski definition) is 4. The minimum atomic E-state index is -3.46. The van der Waals surface area contributed by atoms with Crippen LogP contribution in [-0.2, 0) is 14.9 Å². The molecule has 1 aromatic rings. The Bertz CT molecular complexity index is 806. The normalized spacial score (nSPS) is 32.5. The monoisotopic (exact) mass is 394 g/mol. The Kier molecular flexibility index (Phi) is 4.78. The molecular formula is C20H30N2O4S. The number of ether oxygens (including phenoxy) is 2. The molecule has 150 valence electrons. The van der Waals surface area contributed by atoms with Crippen LogP contribution in [0.1, 0.15) is 52.2 Å². The number of rotatable bonds is 4. The van der Waals surface area contributed by atoms with Crippen molar-refractivity contribution >= 4 is 10.2 Å². The maximum atomic E-state index is 13.1. The highest BCUT2D eigenvalue weighted by molar-refractivity contribution is 7.86. The molecule has 7 heteroatoms. The highest BCUT2D eigenvalue weighted by Crippen LogP contribution is 2.52. The van der Waals surface area contributed by atoms with Crippen molar-refractivity contribution in [3.05, 3.63) is 29.8 Å². The van der Waals surface area contributed by atoms with Crippen molar-refractivity contribution in [1.29, 1.82) is 0 Å². The third kappa shape index (κ3) is 2.99. The topological polar surface area (TPSA) is 59.1 Å². The fourth-order valence-electron chi connectivity index (χ4n) is 4.98. The van der Waals surface area contributed by atoms with Crippen LogP contribution in [0.4, 0.5) is 0 Å². The van der Waals surface area contributed by atoms with Gasteiger partial charge in [0, 0.05) is 31.1 Å². The SMILES string of the molecule is CCN(CC)S(=O)(=O)N1CC[C@H]2O[C@H]3c4ccccc4OC(C)(C)[C@@H]3C[C@H]21. The van der Waals surface area contributed by atoms with E-state index in [0.29, 0.717) is 19.6 Å². The van der Waals surface area contributed by atoms with Crippen LogP contribution < -0.4 is 4.74 Å². The molecule has 0 spiro atoms. The molecule has 27 heavy (non-hydrogen) atoms. The van der Waals surface area contributed by atoms with E-state index in [1.807, 2.05) is 32.0 Å². The van der Waals surface area contributed by atoms with Crippen LogP contribution >= 0.6 is 0 Å². The smallest absolute Gasteiger partial charge is 0.282 e. The van der Waals surface area contributed by atoms with Crippen LogP contribution in [0.15, 0.2) is 24.3 Å². The van der Waals surface area contributed by atoms with Gasteiger partial charge in [-0.1, -0.05) is 32.0 Å². The zero-order chi connectivity index (χ0) is 19.4. The van der Waals surface area contributed by atoms with Gasteiger partial charge >= 0.3 is 0 Å². The van der Waals surface area contributed by atoms with Crippen LogP contribution in [-0.4, -0.2) is 54.4 Å². The lowest BCUT2D eigenvalue weighted by molar-refractivity contribution is -0.157. The second-order valence-corrected chi connectivity index (χ2v) is 10.1. The molecule has 4 rings (SSSR count). The summed E-state index contributed by atoms with van der Waals surface area (Å²) in [6.45, 7) is 9.44. The Hall–Kier alpha value is -1.15. The summed E-state index contributed by atoms with van der Waals surface area (Å²) < 4.78 is 42.3. The zero-order valence-corrected chi connectivity index (χ0v) is 17.4. The zero-order valence-electron chi connectivity index (χ0n) is 16.6. The Morgan fingerprint density at radius 1 is 1.22 bits per heavy atom. The minimum Gasteiger partial charge on any atom is -0.487 e. The predicted molar refractivity (Wildman–Crippen MR) is 104 cm³/mol. The van der Waals surface area contributed by atoms with Gasteiger partial charge in [-0.25, -0.2) is 0 Å². The molecule has 0 N–H and O–H groups in total. The standard InChI is InChI=1S/C20H30N2O4S/c1-5-21(6-2)27(23,24)22-12-11-18-16(22)13-15-19(25-18)14-9-7-8-10-17(14)26-20(15,3)4/h7-10,15-16,18-19H,5-6,11-13H2,1-4H3/t15-,16-,18-,19+/m1/s1. The van der Waals surface area contributed by atoms with E-state index in [2.05, 4.69) is 19.9 Å². The maximum Gasteiger partial charge on any atom is 0.282 e. The maximum absolute atomic E-state index is 13.1. The molecule has 0 aromatic heterocycles. The van der Waals surface area contributed by atoms with Crippen LogP contribution in [0.2, 0.25) is 0 Å². The summed E-state index contributed by atoms with van der Waals surface area (Å²) in [6, 6.07) is 7.94. The Balaban J connectivity index is 1.66. The average molecular weight is 395 g/mol. The molecule has 0 radical (unpaired) electrons. The second kappa shape index (κ2) is 6.72. The molecule has 2 saturated heterocycles. The molecule has 0 bridgehead atoms. The first-order chi connectivity index (χ1) is 12.8. The number of nitrogens with zero attached hydrogens (tertiary/aromatic N) is 2. The molecule has 4 atom stereocenters. The van der Waals surface area contributed by atoms with Gasteiger partial charge in [-0.15, -0.1) is 0 Å². The molecule has 0 unspecified atom stereocenters. The van der Waals surface area contributed by atoms with Crippen LogP contribution in [0, 0.1) is 5.92 Å². The summed E-state index contributed by atoms with van der Waals surface area (Å²) in [4.78, 5) is 0. The molecule has 0 amide bonds. The minimum absolute atomic E-state index is 0.0395. The second-order valence-electron chi connectivity index (χ2n) is 8.24. The molecule has 1 aromatic carbocycles. The van der Waals surface area contributed by atoms with Crippen molar-refractivity contribution in [2.45, 2.75) is 64.4 Å². The van der Waals surface area contributed by atoms with Crippen molar-refractivity contribution in [1.82, 2.24) is 8.61 Å². The average Bonchev–Trinajstić information content (AvgIpc) is 3.05. The summed E-state index contributed by atoms with van der Waals surface area (Å²) in [5.41, 5.74) is 0.683. The Morgan fingerprint density at radius 3 is 2.63 bits per heavy atom. The summed E-state index contributed by atoms with van der Waals surface area (Å²) in [5, 5.41) is 0. The largest absolute Gasteiger partial charge is 0.487 e. The molecule has 0 saturated carbocycles. The van der Waals surface area contributed by atoms with E-state index < -0.39 is 15.8 Å². The molecule has 0 aliphatic carbocycles. The molecule has 2 fully saturated rings. The van der Waals surface area contributed by atoms with Gasteiger partial charge < -0.3 is 9.47 Å². The molecule has 6 nitrogen and oxygen atoms in total. The van der Waals surface area contributed by atoms with Crippen molar-refractivity contribution in [2.24, 2.45) is 5.92 Å². The third-order valence-corrected chi connectivity index (χ3v) is 8.65. The van der Waals surface area contributed by atoms with E-state index >= 15 is 0 Å². The van der Waals surface area contributed by atoms with Gasteiger partial charge in [0.05, 0.1) is 18.2 Å². The van der Waals surface area contributed by atoms with Crippen LogP contribution in [0.25, 0.3) is 0 Å². The first-order valence-corrected chi connectivity index (χ1v) is 11.4. The Morgan fingerprint density at radius 2 is 1.93 bits per heavy atom. The van der Waals surface area contributed by atoms with E-state index in [1.165, 1.54) is 0 Å². The van der Waals surface area contributed by atoms with Crippen LogP contribution in [0.3, 0.4) is 0 Å². The highest BCUT2D eigenvalue weighted by Gasteiger charge is 2.55. The number of para-hydroxylation sites is 1.